The summed E-state index contributed by atoms with van der Waals surface area (Å²) in [7, 11) is 0. The molecule has 0 saturated heterocycles. The molecule has 0 amide bonds. The first-order valence-electron chi connectivity index (χ1n) is 19.8. The van der Waals surface area contributed by atoms with E-state index in [0.29, 0.717) is 0 Å². The molecule has 0 atom stereocenters. The highest BCUT2D eigenvalue weighted by molar-refractivity contribution is 6.10. The summed E-state index contributed by atoms with van der Waals surface area (Å²) in [5.41, 5.74) is 19.8. The van der Waals surface area contributed by atoms with Gasteiger partial charge < -0.3 is 9.47 Å². The van der Waals surface area contributed by atoms with Crippen LogP contribution in [0.5, 0.6) is 0 Å². The predicted octanol–water partition coefficient (Wildman–Crippen LogP) is 14.5. The lowest BCUT2D eigenvalue weighted by atomic mass is 9.82. The van der Waals surface area contributed by atoms with Gasteiger partial charge in [-0.05, 0) is 80.9 Å². The van der Waals surface area contributed by atoms with Gasteiger partial charge in [0.1, 0.15) is 0 Å². The second-order valence-corrected chi connectivity index (χ2v) is 16.5. The van der Waals surface area contributed by atoms with Crippen LogP contribution >= 0.6 is 0 Å². The summed E-state index contributed by atoms with van der Waals surface area (Å²) in [5, 5.41) is 2.50. The third kappa shape index (κ3) is 4.50. The molecule has 0 saturated carbocycles. The van der Waals surface area contributed by atoms with Crippen LogP contribution in [0.25, 0.3) is 60.9 Å². The van der Waals surface area contributed by atoms with E-state index in [4.69, 9.17) is 0 Å². The van der Waals surface area contributed by atoms with E-state index in [1.54, 1.807) is 0 Å². The van der Waals surface area contributed by atoms with Crippen molar-refractivity contribution in [2.75, 3.05) is 4.90 Å². The number of benzene rings is 8. The van der Waals surface area contributed by atoms with Crippen molar-refractivity contribution < 1.29 is 0 Å². The Morgan fingerprint density at radius 2 is 0.839 bits per heavy atom. The standard InChI is InChI=1S/C54H42N2/c1-53(2)41-24-12-8-22-39(41)51-43(53)26-16-30-48(51)56(49-31-17-27-44-52(49)40-23-9-13-25-42(40)54(44,3)4)47-33-32-36(35-18-6-5-7-19-35)34-50(47)55-45-28-14-10-20-37(45)38-21-11-15-29-46(38)55/h5-34H,1-4H3. The third-order valence-corrected chi connectivity index (χ3v) is 12.8. The van der Waals surface area contributed by atoms with E-state index < -0.39 is 0 Å². The number of hydrogen-bond acceptors (Lipinski definition) is 1. The maximum atomic E-state index is 2.60. The minimum Gasteiger partial charge on any atom is -0.307 e. The van der Waals surface area contributed by atoms with Crippen LogP contribution in [0.1, 0.15) is 49.9 Å². The lowest BCUT2D eigenvalue weighted by molar-refractivity contribution is 0.660. The highest BCUT2D eigenvalue weighted by Crippen LogP contribution is 2.58. The topological polar surface area (TPSA) is 8.17 Å². The van der Waals surface area contributed by atoms with Crippen molar-refractivity contribution in [3.05, 3.63) is 204 Å². The largest absolute Gasteiger partial charge is 0.307 e. The highest BCUT2D eigenvalue weighted by atomic mass is 15.2. The molecule has 0 aliphatic heterocycles. The molecule has 9 aromatic rings. The van der Waals surface area contributed by atoms with Crippen LogP contribution in [0.2, 0.25) is 0 Å². The molecule has 2 aliphatic rings. The van der Waals surface area contributed by atoms with Gasteiger partial charge in [-0.15, -0.1) is 0 Å². The van der Waals surface area contributed by atoms with Gasteiger partial charge in [-0.3, -0.25) is 0 Å². The van der Waals surface area contributed by atoms with Gasteiger partial charge >= 0.3 is 0 Å². The van der Waals surface area contributed by atoms with Crippen LogP contribution in [0, 0.1) is 0 Å². The molecular formula is C54H42N2. The quantitative estimate of drug-likeness (QED) is 0.172. The fourth-order valence-electron chi connectivity index (χ4n) is 10.1. The third-order valence-electron chi connectivity index (χ3n) is 12.8. The molecule has 0 radical (unpaired) electrons. The second kappa shape index (κ2) is 11.9. The van der Waals surface area contributed by atoms with Gasteiger partial charge in [-0.2, -0.15) is 0 Å². The maximum absolute atomic E-state index is 2.60. The highest BCUT2D eigenvalue weighted by Gasteiger charge is 2.41. The van der Waals surface area contributed by atoms with E-state index in [0.717, 1.165) is 11.4 Å². The zero-order valence-corrected chi connectivity index (χ0v) is 32.2. The van der Waals surface area contributed by atoms with Crippen molar-refractivity contribution >= 4 is 38.9 Å². The summed E-state index contributed by atoms with van der Waals surface area (Å²) in [4.78, 5) is 2.60. The molecule has 2 heteroatoms. The van der Waals surface area contributed by atoms with Crippen LogP contribution in [0.3, 0.4) is 0 Å². The lowest BCUT2D eigenvalue weighted by Crippen LogP contribution is -2.18. The van der Waals surface area contributed by atoms with Crippen LogP contribution in [-0.2, 0) is 10.8 Å². The zero-order valence-electron chi connectivity index (χ0n) is 32.2. The van der Waals surface area contributed by atoms with Crippen molar-refractivity contribution in [3.8, 4) is 39.1 Å². The SMILES string of the molecule is CC1(C)c2ccccc2-c2c(N(c3ccc(-c4ccccc4)cc3-n3c4ccccc4c4ccccc43)c3cccc4c3-c3ccccc3C4(C)C)cccc21. The van der Waals surface area contributed by atoms with Crippen LogP contribution in [0.15, 0.2) is 182 Å². The molecule has 11 rings (SSSR count). The number of fused-ring (bicyclic) bond motifs is 9. The molecule has 8 aromatic carbocycles. The van der Waals surface area contributed by atoms with E-state index in [9.17, 15) is 0 Å². The number of hydrogen-bond donors (Lipinski definition) is 0. The summed E-state index contributed by atoms with van der Waals surface area (Å²) >= 11 is 0. The van der Waals surface area contributed by atoms with Gasteiger partial charge in [0, 0.05) is 32.7 Å². The first-order valence-corrected chi connectivity index (χ1v) is 19.8. The van der Waals surface area contributed by atoms with Gasteiger partial charge in [-0.1, -0.05) is 173 Å². The summed E-state index contributed by atoms with van der Waals surface area (Å²) in [6, 6.07) is 67.6. The zero-order chi connectivity index (χ0) is 37.8. The van der Waals surface area contributed by atoms with Crippen molar-refractivity contribution in [1.29, 1.82) is 0 Å². The Bertz CT molecular complexity index is 2870. The van der Waals surface area contributed by atoms with E-state index >= 15 is 0 Å². The van der Waals surface area contributed by atoms with Crippen LogP contribution < -0.4 is 4.90 Å². The van der Waals surface area contributed by atoms with Crippen molar-refractivity contribution in [1.82, 2.24) is 4.57 Å². The number of aromatic nitrogens is 1. The lowest BCUT2D eigenvalue weighted by Gasteiger charge is -2.33. The normalized spacial score (nSPS) is 14.4. The van der Waals surface area contributed by atoms with E-state index in [1.807, 2.05) is 0 Å². The Morgan fingerprint density at radius 3 is 1.39 bits per heavy atom. The Hall–Kier alpha value is -6.64. The van der Waals surface area contributed by atoms with Crippen LogP contribution in [-0.4, -0.2) is 4.57 Å². The molecule has 2 aliphatic carbocycles. The van der Waals surface area contributed by atoms with Crippen LogP contribution in [0.4, 0.5) is 17.1 Å². The molecular weight excluding hydrogens is 677 g/mol. The summed E-state index contributed by atoms with van der Waals surface area (Å²) in [5.74, 6) is 0. The number of nitrogens with zero attached hydrogens (tertiary/aromatic N) is 2. The summed E-state index contributed by atoms with van der Waals surface area (Å²) in [6.45, 7) is 9.51. The van der Waals surface area contributed by atoms with E-state index in [-0.39, 0.29) is 10.8 Å². The fraction of sp³-hybridized carbons (Fsp3) is 0.111. The maximum Gasteiger partial charge on any atom is 0.0709 e. The molecule has 0 bridgehead atoms. The number of anilines is 3. The first-order chi connectivity index (χ1) is 27.3. The molecule has 0 spiro atoms. The number of para-hydroxylation sites is 2. The fourth-order valence-corrected chi connectivity index (χ4v) is 10.1. The van der Waals surface area contributed by atoms with Gasteiger partial charge in [0.25, 0.3) is 0 Å². The van der Waals surface area contributed by atoms with Gasteiger partial charge in [0.15, 0.2) is 0 Å². The van der Waals surface area contributed by atoms with Gasteiger partial charge in [0.05, 0.1) is 33.8 Å². The Labute approximate surface area is 328 Å². The van der Waals surface area contributed by atoms with Crippen molar-refractivity contribution in [2.24, 2.45) is 0 Å². The molecule has 0 fully saturated rings. The average Bonchev–Trinajstić information content (AvgIpc) is 3.79. The first kappa shape index (κ1) is 32.8. The van der Waals surface area contributed by atoms with E-state index in [2.05, 4.69) is 219 Å². The molecule has 1 heterocycles. The Balaban J connectivity index is 1.30. The van der Waals surface area contributed by atoms with E-state index in [1.165, 1.54) is 88.8 Å². The van der Waals surface area contributed by atoms with Gasteiger partial charge in [-0.25, -0.2) is 0 Å². The molecule has 1 aromatic heterocycles. The van der Waals surface area contributed by atoms with Gasteiger partial charge in [0.2, 0.25) is 0 Å². The molecule has 268 valence electrons. The summed E-state index contributed by atoms with van der Waals surface area (Å²) in [6.07, 6.45) is 0. The molecule has 56 heavy (non-hydrogen) atoms. The Kier molecular flexibility index (Phi) is 6.98. The Morgan fingerprint density at radius 1 is 0.375 bits per heavy atom. The molecule has 2 nitrogen and oxygen atoms in total. The minimum atomic E-state index is -0.145. The van der Waals surface area contributed by atoms with Crippen molar-refractivity contribution in [2.45, 2.75) is 38.5 Å². The monoisotopic (exact) mass is 718 g/mol. The minimum absolute atomic E-state index is 0.145. The summed E-state index contributed by atoms with van der Waals surface area (Å²) < 4.78 is 2.50. The molecule has 0 N–H and O–H groups in total. The average molecular weight is 719 g/mol. The smallest absolute Gasteiger partial charge is 0.0709 e. The second-order valence-electron chi connectivity index (χ2n) is 16.5. The number of rotatable bonds is 5. The van der Waals surface area contributed by atoms with Crippen molar-refractivity contribution in [3.63, 3.8) is 0 Å². The predicted molar refractivity (Wildman–Crippen MR) is 236 cm³/mol. The molecule has 0 unspecified atom stereocenters.